The Morgan fingerprint density at radius 2 is 0.750 bits per heavy atom. The minimum absolute atomic E-state index is 0.777. The zero-order valence-corrected chi connectivity index (χ0v) is 18.7. The molecule has 0 bridgehead atoms. The van der Waals surface area contributed by atoms with Crippen LogP contribution in [0.15, 0.2) is 0 Å². The Hall–Kier alpha value is 0.480. The first-order valence-electron chi connectivity index (χ1n) is 11.4. The van der Waals surface area contributed by atoms with Crippen LogP contribution < -0.4 is 0 Å². The topological polar surface area (TPSA) is 0 Å². The van der Waals surface area contributed by atoms with Crippen LogP contribution in [-0.2, 0) is 0 Å². The number of hydrogen-bond donors (Lipinski definition) is 0. The standard InChI is InChI=1S/C23H47Br/c1-3-5-6-7-8-9-10-11-12-13-14-15-16-17-18-19-20-22-23(24)21-4-2/h23H,3-22H2,1-2H3. The SMILES string of the molecule is CCCCCCCCCCCCCCCCCCCC(Br)CCC. The van der Waals surface area contributed by atoms with Gasteiger partial charge in [-0.2, -0.15) is 0 Å². The van der Waals surface area contributed by atoms with Crippen LogP contribution in [0.25, 0.3) is 0 Å². The van der Waals surface area contributed by atoms with E-state index in [4.69, 9.17) is 0 Å². The lowest BCUT2D eigenvalue weighted by Crippen LogP contribution is -1.96. The normalized spacial score (nSPS) is 12.6. The second-order valence-electron chi connectivity index (χ2n) is 7.83. The summed E-state index contributed by atoms with van der Waals surface area (Å²) in [6, 6.07) is 0. The molecule has 1 atom stereocenters. The second kappa shape index (κ2) is 21.5. The number of hydrogen-bond acceptors (Lipinski definition) is 0. The van der Waals surface area contributed by atoms with Crippen LogP contribution in [0, 0.1) is 0 Å². The van der Waals surface area contributed by atoms with Crippen molar-refractivity contribution in [2.24, 2.45) is 0 Å². The largest absolute Gasteiger partial charge is 0.0891 e. The van der Waals surface area contributed by atoms with Gasteiger partial charge in [-0.25, -0.2) is 0 Å². The van der Waals surface area contributed by atoms with Crippen LogP contribution in [0.5, 0.6) is 0 Å². The molecule has 0 saturated heterocycles. The summed E-state index contributed by atoms with van der Waals surface area (Å²) in [7, 11) is 0. The molecule has 0 nitrogen and oxygen atoms in total. The van der Waals surface area contributed by atoms with Gasteiger partial charge in [0, 0.05) is 4.83 Å². The third-order valence-corrected chi connectivity index (χ3v) is 6.14. The number of alkyl halides is 1. The van der Waals surface area contributed by atoms with Gasteiger partial charge in [0.25, 0.3) is 0 Å². The molecule has 0 aromatic rings. The highest BCUT2D eigenvalue weighted by molar-refractivity contribution is 9.09. The van der Waals surface area contributed by atoms with Crippen molar-refractivity contribution in [3.63, 3.8) is 0 Å². The van der Waals surface area contributed by atoms with Crippen molar-refractivity contribution in [1.29, 1.82) is 0 Å². The molecule has 0 amide bonds. The molecular weight excluding hydrogens is 356 g/mol. The van der Waals surface area contributed by atoms with E-state index in [1.807, 2.05) is 0 Å². The average Bonchev–Trinajstić information content (AvgIpc) is 2.58. The number of unbranched alkanes of at least 4 members (excludes halogenated alkanes) is 16. The minimum atomic E-state index is 0.777. The highest BCUT2D eigenvalue weighted by Gasteiger charge is 2.01. The molecule has 0 aromatic carbocycles. The highest BCUT2D eigenvalue weighted by Crippen LogP contribution is 2.18. The van der Waals surface area contributed by atoms with E-state index in [9.17, 15) is 0 Å². The van der Waals surface area contributed by atoms with Gasteiger partial charge in [0.05, 0.1) is 0 Å². The predicted octanol–water partition coefficient (Wildman–Crippen LogP) is 9.59. The molecular formula is C23H47Br. The summed E-state index contributed by atoms with van der Waals surface area (Å²) in [6.45, 7) is 4.58. The van der Waals surface area contributed by atoms with Crippen LogP contribution in [0.3, 0.4) is 0 Å². The molecule has 0 heterocycles. The summed E-state index contributed by atoms with van der Waals surface area (Å²) < 4.78 is 0. The zero-order chi connectivity index (χ0) is 17.7. The fraction of sp³-hybridized carbons (Fsp3) is 1.00. The van der Waals surface area contributed by atoms with E-state index < -0.39 is 0 Å². The summed E-state index contributed by atoms with van der Waals surface area (Å²) in [5.41, 5.74) is 0. The molecule has 0 spiro atoms. The van der Waals surface area contributed by atoms with Gasteiger partial charge < -0.3 is 0 Å². The Bertz CT molecular complexity index is 214. The lowest BCUT2D eigenvalue weighted by molar-refractivity contribution is 0.523. The predicted molar refractivity (Wildman–Crippen MR) is 116 cm³/mol. The highest BCUT2D eigenvalue weighted by atomic mass is 79.9. The van der Waals surface area contributed by atoms with Crippen molar-refractivity contribution in [2.75, 3.05) is 0 Å². The first-order chi connectivity index (χ1) is 11.8. The van der Waals surface area contributed by atoms with Gasteiger partial charge in [-0.3, -0.25) is 0 Å². The van der Waals surface area contributed by atoms with Gasteiger partial charge in [-0.05, 0) is 12.8 Å². The van der Waals surface area contributed by atoms with Crippen molar-refractivity contribution in [2.45, 2.75) is 147 Å². The lowest BCUT2D eigenvalue weighted by atomic mass is 10.0. The molecule has 0 aliphatic heterocycles. The van der Waals surface area contributed by atoms with E-state index in [-0.39, 0.29) is 0 Å². The Balaban J connectivity index is 3.00. The monoisotopic (exact) mass is 402 g/mol. The Morgan fingerprint density at radius 3 is 1.08 bits per heavy atom. The van der Waals surface area contributed by atoms with Gasteiger partial charge in [0.2, 0.25) is 0 Å². The van der Waals surface area contributed by atoms with E-state index in [2.05, 4.69) is 29.8 Å². The van der Waals surface area contributed by atoms with E-state index in [1.54, 1.807) is 0 Å². The summed E-state index contributed by atoms with van der Waals surface area (Å²) in [5, 5.41) is 0. The summed E-state index contributed by atoms with van der Waals surface area (Å²) in [4.78, 5) is 0.777. The Kier molecular flexibility index (Phi) is 22.0. The van der Waals surface area contributed by atoms with E-state index in [0.717, 1.165) is 4.83 Å². The molecule has 0 fully saturated rings. The zero-order valence-electron chi connectivity index (χ0n) is 17.1. The van der Waals surface area contributed by atoms with Crippen molar-refractivity contribution >= 4 is 15.9 Å². The van der Waals surface area contributed by atoms with Crippen LogP contribution in [-0.4, -0.2) is 4.83 Å². The van der Waals surface area contributed by atoms with Crippen molar-refractivity contribution in [3.8, 4) is 0 Å². The molecule has 0 N–H and O–H groups in total. The van der Waals surface area contributed by atoms with Gasteiger partial charge in [-0.1, -0.05) is 145 Å². The maximum Gasteiger partial charge on any atom is 0.0145 e. The third kappa shape index (κ3) is 20.5. The number of halogens is 1. The molecule has 24 heavy (non-hydrogen) atoms. The Morgan fingerprint density at radius 1 is 0.417 bits per heavy atom. The first-order valence-corrected chi connectivity index (χ1v) is 12.4. The van der Waals surface area contributed by atoms with Crippen molar-refractivity contribution < 1.29 is 0 Å². The van der Waals surface area contributed by atoms with Crippen LogP contribution in [0.1, 0.15) is 142 Å². The average molecular weight is 404 g/mol. The van der Waals surface area contributed by atoms with Gasteiger partial charge in [0.1, 0.15) is 0 Å². The molecule has 0 radical (unpaired) electrons. The summed E-state index contributed by atoms with van der Waals surface area (Å²) in [5.74, 6) is 0. The van der Waals surface area contributed by atoms with Crippen molar-refractivity contribution in [3.05, 3.63) is 0 Å². The summed E-state index contributed by atoms with van der Waals surface area (Å²) in [6.07, 6.45) is 28.9. The molecule has 1 heteroatoms. The molecule has 0 saturated carbocycles. The molecule has 0 aromatic heterocycles. The molecule has 0 rings (SSSR count). The fourth-order valence-electron chi connectivity index (χ4n) is 3.55. The van der Waals surface area contributed by atoms with Gasteiger partial charge >= 0.3 is 0 Å². The van der Waals surface area contributed by atoms with Gasteiger partial charge in [0.15, 0.2) is 0 Å². The summed E-state index contributed by atoms with van der Waals surface area (Å²) >= 11 is 3.79. The molecule has 146 valence electrons. The third-order valence-electron chi connectivity index (χ3n) is 5.22. The first kappa shape index (κ1) is 24.5. The molecule has 1 unspecified atom stereocenters. The lowest BCUT2D eigenvalue weighted by Gasteiger charge is -2.07. The maximum absolute atomic E-state index is 3.79. The number of rotatable bonds is 20. The van der Waals surface area contributed by atoms with Crippen LogP contribution in [0.4, 0.5) is 0 Å². The van der Waals surface area contributed by atoms with E-state index in [0.29, 0.717) is 0 Å². The quantitative estimate of drug-likeness (QED) is 0.140. The van der Waals surface area contributed by atoms with Crippen LogP contribution >= 0.6 is 15.9 Å². The minimum Gasteiger partial charge on any atom is -0.0891 e. The van der Waals surface area contributed by atoms with E-state index >= 15 is 0 Å². The fourth-order valence-corrected chi connectivity index (χ4v) is 4.33. The second-order valence-corrected chi connectivity index (χ2v) is 9.13. The molecule has 0 aliphatic carbocycles. The van der Waals surface area contributed by atoms with Crippen LogP contribution in [0.2, 0.25) is 0 Å². The smallest absolute Gasteiger partial charge is 0.0145 e. The van der Waals surface area contributed by atoms with Gasteiger partial charge in [-0.15, -0.1) is 0 Å². The van der Waals surface area contributed by atoms with E-state index in [1.165, 1.54) is 128 Å². The maximum atomic E-state index is 3.79. The van der Waals surface area contributed by atoms with Crippen molar-refractivity contribution in [1.82, 2.24) is 0 Å². The Labute approximate surface area is 163 Å². The molecule has 0 aliphatic rings.